The molecule has 4 fully saturated rings. The van der Waals surface area contributed by atoms with Crippen molar-refractivity contribution in [2.75, 3.05) is 6.26 Å². The lowest BCUT2D eigenvalue weighted by Crippen LogP contribution is -2.62. The molecule has 0 saturated heterocycles. The van der Waals surface area contributed by atoms with E-state index in [4.69, 9.17) is 5.73 Å². The maximum absolute atomic E-state index is 13.6. The van der Waals surface area contributed by atoms with Crippen LogP contribution in [-0.2, 0) is 14.8 Å². The van der Waals surface area contributed by atoms with E-state index in [2.05, 4.69) is 20.2 Å². The molecule has 2 amide bonds. The number of rotatable bonds is 8. The van der Waals surface area contributed by atoms with Crippen LogP contribution in [0, 0.1) is 23.2 Å². The average Bonchev–Trinajstić information content (AvgIpc) is 3.42. The predicted molar refractivity (Wildman–Crippen MR) is 133 cm³/mol. The molecular weight excluding hydrogens is 482 g/mol. The molecule has 2 aromatic heterocycles. The summed E-state index contributed by atoms with van der Waals surface area (Å²) in [7, 11) is -3.42. The number of aromatic nitrogens is 4. The Balaban J connectivity index is 1.40. The van der Waals surface area contributed by atoms with Gasteiger partial charge in [0.25, 0.3) is 5.91 Å². The molecule has 194 valence electrons. The second-order valence-corrected chi connectivity index (χ2v) is 13.1. The zero-order valence-electron chi connectivity index (χ0n) is 20.7. The van der Waals surface area contributed by atoms with Gasteiger partial charge in [0.2, 0.25) is 15.9 Å². The van der Waals surface area contributed by atoms with Gasteiger partial charge in [-0.3, -0.25) is 9.59 Å². The molecule has 12 heteroatoms. The number of nitrogens with two attached hydrogens (primary N) is 1. The third-order valence-corrected chi connectivity index (χ3v) is 8.81. The summed E-state index contributed by atoms with van der Waals surface area (Å²) >= 11 is 0. The number of nitrogens with one attached hydrogen (secondary N) is 2. The number of amides is 2. The van der Waals surface area contributed by atoms with Gasteiger partial charge in [-0.15, -0.1) is 0 Å². The fraction of sp³-hybridized carbons (Fsp3) is 0.583. The number of hydrogen-bond donors (Lipinski definition) is 3. The van der Waals surface area contributed by atoms with Gasteiger partial charge in [0, 0.05) is 35.6 Å². The Kier molecular flexibility index (Phi) is 5.86. The van der Waals surface area contributed by atoms with Crippen LogP contribution in [0.4, 0.5) is 0 Å². The summed E-state index contributed by atoms with van der Waals surface area (Å²) in [6, 6.07) is 1.74. The van der Waals surface area contributed by atoms with E-state index in [0.29, 0.717) is 17.3 Å². The van der Waals surface area contributed by atoms with Crippen molar-refractivity contribution in [1.82, 2.24) is 29.6 Å². The molecular formula is C24H33N7O4S. The molecule has 4 N–H and O–H groups in total. The van der Waals surface area contributed by atoms with E-state index in [0.717, 1.165) is 38.4 Å². The summed E-state index contributed by atoms with van der Waals surface area (Å²) in [5.41, 5.74) is 4.87. The van der Waals surface area contributed by atoms with Crippen LogP contribution in [0.25, 0.3) is 12.0 Å². The van der Waals surface area contributed by atoms with Gasteiger partial charge in [0.05, 0.1) is 12.5 Å². The van der Waals surface area contributed by atoms with Crippen molar-refractivity contribution in [3.63, 3.8) is 0 Å². The van der Waals surface area contributed by atoms with Gasteiger partial charge in [0.15, 0.2) is 5.82 Å². The normalized spacial score (nSPS) is 29.6. The molecule has 11 nitrogen and oxygen atoms in total. The molecule has 0 spiro atoms. The lowest BCUT2D eigenvalue weighted by molar-refractivity contribution is -0.145. The van der Waals surface area contributed by atoms with Gasteiger partial charge in [-0.2, -0.15) is 10.2 Å². The number of carbonyl (C=O) groups is 2. The van der Waals surface area contributed by atoms with Gasteiger partial charge in [0.1, 0.15) is 5.56 Å². The molecule has 6 rings (SSSR count). The Morgan fingerprint density at radius 3 is 2.47 bits per heavy atom. The van der Waals surface area contributed by atoms with Crippen LogP contribution < -0.4 is 15.8 Å². The number of carbonyl (C=O) groups excluding carboxylic acids is 2. The average molecular weight is 516 g/mol. The highest BCUT2D eigenvalue weighted by molar-refractivity contribution is 7.88. The molecule has 0 radical (unpaired) electrons. The summed E-state index contributed by atoms with van der Waals surface area (Å²) < 4.78 is 29.0. The zero-order valence-corrected chi connectivity index (χ0v) is 21.5. The molecule has 4 aliphatic carbocycles. The van der Waals surface area contributed by atoms with Crippen LogP contribution >= 0.6 is 0 Å². The fourth-order valence-electron chi connectivity index (χ4n) is 6.81. The van der Waals surface area contributed by atoms with Crippen LogP contribution in [-0.4, -0.2) is 57.6 Å². The Morgan fingerprint density at radius 2 is 1.89 bits per heavy atom. The van der Waals surface area contributed by atoms with E-state index in [-0.39, 0.29) is 29.7 Å². The fourth-order valence-corrected chi connectivity index (χ4v) is 7.83. The van der Waals surface area contributed by atoms with E-state index in [1.807, 2.05) is 0 Å². The minimum atomic E-state index is -3.42. The van der Waals surface area contributed by atoms with Crippen molar-refractivity contribution in [2.45, 2.75) is 57.5 Å². The van der Waals surface area contributed by atoms with E-state index >= 15 is 0 Å². The van der Waals surface area contributed by atoms with Crippen molar-refractivity contribution in [1.29, 1.82) is 0 Å². The van der Waals surface area contributed by atoms with Crippen molar-refractivity contribution >= 4 is 28.0 Å². The van der Waals surface area contributed by atoms with Crippen LogP contribution in [0.5, 0.6) is 0 Å². The van der Waals surface area contributed by atoms with Gasteiger partial charge in [-0.05, 0) is 75.8 Å². The Bertz CT molecular complexity index is 1300. The first-order chi connectivity index (χ1) is 16.9. The highest BCUT2D eigenvalue weighted by atomic mass is 32.2. The summed E-state index contributed by atoms with van der Waals surface area (Å²) in [5.74, 6) is 0.964. The van der Waals surface area contributed by atoms with Gasteiger partial charge in [-0.1, -0.05) is 0 Å². The third-order valence-electron chi connectivity index (χ3n) is 7.91. The molecule has 2 aromatic rings. The SMILES string of the molecule is CC(C)(C=Cn1ncc(C(=O)NC2C3CC4CC2CC(C(N)=O)(C4)C3)c1-n1cccn1)NS(C)(=O)=O. The number of primary amides is 1. The molecule has 2 unspecified atom stereocenters. The van der Waals surface area contributed by atoms with Crippen molar-refractivity contribution < 1.29 is 18.0 Å². The molecule has 36 heavy (non-hydrogen) atoms. The van der Waals surface area contributed by atoms with Crippen LogP contribution in [0.2, 0.25) is 0 Å². The predicted octanol–water partition coefficient (Wildman–Crippen LogP) is 1.28. The number of nitrogens with zero attached hydrogens (tertiary/aromatic N) is 4. The summed E-state index contributed by atoms with van der Waals surface area (Å²) in [4.78, 5) is 25.8. The molecule has 2 heterocycles. The first-order valence-electron chi connectivity index (χ1n) is 12.2. The number of sulfonamides is 1. The minimum absolute atomic E-state index is 0.0104. The maximum atomic E-state index is 13.6. The summed E-state index contributed by atoms with van der Waals surface area (Å²) in [6.07, 6.45) is 13.6. The van der Waals surface area contributed by atoms with Gasteiger partial charge in [-0.25, -0.2) is 22.5 Å². The second kappa shape index (κ2) is 8.55. The van der Waals surface area contributed by atoms with Crippen LogP contribution in [0.1, 0.15) is 56.3 Å². The van der Waals surface area contributed by atoms with Crippen molar-refractivity contribution in [3.8, 4) is 5.82 Å². The van der Waals surface area contributed by atoms with E-state index in [1.54, 1.807) is 49.3 Å². The zero-order chi connectivity index (χ0) is 25.9. The van der Waals surface area contributed by atoms with E-state index in [9.17, 15) is 18.0 Å². The minimum Gasteiger partial charge on any atom is -0.369 e. The molecule has 4 bridgehead atoms. The van der Waals surface area contributed by atoms with Crippen LogP contribution in [0.3, 0.4) is 0 Å². The lowest BCUT2D eigenvalue weighted by atomic mass is 9.47. The van der Waals surface area contributed by atoms with Crippen LogP contribution in [0.15, 0.2) is 30.7 Å². The Labute approximate surface area is 210 Å². The first kappa shape index (κ1) is 24.7. The van der Waals surface area contributed by atoms with Gasteiger partial charge < -0.3 is 11.1 Å². The molecule has 0 aromatic carbocycles. The second-order valence-electron chi connectivity index (χ2n) is 11.3. The molecule has 4 saturated carbocycles. The van der Waals surface area contributed by atoms with Crippen molar-refractivity contribution in [2.24, 2.45) is 28.9 Å². The monoisotopic (exact) mass is 515 g/mol. The third kappa shape index (κ3) is 4.59. The Hall–Kier alpha value is -2.99. The standard InChI is InChI=1S/C24H33N7O4S/c1-23(2,29-36(3,34)35)5-8-31-21(30-7-4-6-26-30)18(14-27-31)20(32)28-19-16-9-15-10-17(19)13-24(11-15,12-16)22(25)33/h4-8,14-17,19,29H,9-13H2,1-3H3,(H2,25,33)(H,28,32). The summed E-state index contributed by atoms with van der Waals surface area (Å²) in [5, 5.41) is 11.9. The molecule has 4 aliphatic rings. The molecule has 0 aliphatic heterocycles. The lowest BCUT2D eigenvalue weighted by Gasteiger charge is -2.58. The Morgan fingerprint density at radius 1 is 1.19 bits per heavy atom. The van der Waals surface area contributed by atoms with Gasteiger partial charge >= 0.3 is 0 Å². The molecule has 2 atom stereocenters. The smallest absolute Gasteiger partial charge is 0.257 e. The highest BCUT2D eigenvalue weighted by Crippen LogP contribution is 2.59. The summed E-state index contributed by atoms with van der Waals surface area (Å²) in [6.45, 7) is 3.45. The van der Waals surface area contributed by atoms with Crippen molar-refractivity contribution in [3.05, 3.63) is 36.3 Å². The van der Waals surface area contributed by atoms with E-state index in [1.165, 1.54) is 10.9 Å². The first-order valence-corrected chi connectivity index (χ1v) is 14.1. The van der Waals surface area contributed by atoms with E-state index < -0.39 is 21.0 Å². The quantitative estimate of drug-likeness (QED) is 0.481. The maximum Gasteiger partial charge on any atom is 0.257 e. The largest absolute Gasteiger partial charge is 0.369 e. The topological polar surface area (TPSA) is 154 Å². The highest BCUT2D eigenvalue weighted by Gasteiger charge is 2.58. The number of hydrogen-bond acceptors (Lipinski definition) is 6.